The molecule has 1 aromatic carbocycles. The van der Waals surface area contributed by atoms with E-state index in [0.29, 0.717) is 18.0 Å². The van der Waals surface area contributed by atoms with E-state index in [0.717, 1.165) is 67.8 Å². The molecule has 0 aliphatic carbocycles. The van der Waals surface area contributed by atoms with E-state index in [2.05, 4.69) is 23.3 Å². The molecule has 0 saturated carbocycles. The number of aromatic nitrogens is 1. The lowest BCUT2D eigenvalue weighted by Gasteiger charge is -2.14. The Morgan fingerprint density at radius 3 is 2.44 bits per heavy atom. The summed E-state index contributed by atoms with van der Waals surface area (Å²) in [5, 5.41) is 33.6. The molecule has 3 aromatic rings. The molecule has 0 fully saturated rings. The molecule has 39 heavy (non-hydrogen) atoms. The van der Waals surface area contributed by atoms with Gasteiger partial charge in [-0.1, -0.05) is 32.3 Å². The van der Waals surface area contributed by atoms with Crippen LogP contribution in [0.15, 0.2) is 47.0 Å². The number of nitrogens with two attached hydrogens (primary N) is 1. The molecule has 0 unspecified atom stereocenters. The van der Waals surface area contributed by atoms with Gasteiger partial charge in [-0.25, -0.2) is 0 Å². The van der Waals surface area contributed by atoms with Crippen LogP contribution in [0.4, 0.5) is 0 Å². The highest BCUT2D eigenvalue weighted by Gasteiger charge is 2.16. The lowest BCUT2D eigenvalue weighted by Crippen LogP contribution is -2.27. The molecule has 3 rings (SSSR count). The van der Waals surface area contributed by atoms with Crippen molar-refractivity contribution in [2.45, 2.75) is 83.3 Å². The highest BCUT2D eigenvalue weighted by molar-refractivity contribution is 5.42. The molecule has 3 atom stereocenters. The number of ether oxygens (including phenoxy) is 1. The van der Waals surface area contributed by atoms with Crippen LogP contribution in [0.5, 0.6) is 11.5 Å². The third-order valence-electron chi connectivity index (χ3n) is 6.97. The predicted octanol–water partition coefficient (Wildman–Crippen LogP) is 4.74. The number of aliphatic hydroxyl groups is 2. The van der Waals surface area contributed by atoms with Gasteiger partial charge in [-0.05, 0) is 80.1 Å². The molecule has 0 aliphatic heterocycles. The standard InChI is InChI=1S/C31H47N3O5/c1-22(18-33-19-23(2)35)25-17-28(34-20-25)30(37)21-38-31-16-24(10-14-29(31)36)9-11-27-13-12-26(39-27)8-6-4-3-5-7-15-32/h10,12-14,16-17,20,22-23,30,33-37H,3-9,11,15,18-19,21,32H2,1-2H3/t22-,23-,30-/m0/s1. The average molecular weight is 542 g/mol. The van der Waals surface area contributed by atoms with Crippen LogP contribution in [0.25, 0.3) is 0 Å². The molecular formula is C31H47N3O5. The van der Waals surface area contributed by atoms with Gasteiger partial charge in [0, 0.05) is 37.8 Å². The molecule has 0 bridgehead atoms. The molecule has 7 N–H and O–H groups in total. The normalized spacial score (nSPS) is 13.9. The molecule has 8 heteroatoms. The Bertz CT molecular complexity index is 1090. The van der Waals surface area contributed by atoms with Gasteiger partial charge in [0.15, 0.2) is 11.5 Å². The second-order valence-corrected chi connectivity index (χ2v) is 10.6. The van der Waals surface area contributed by atoms with E-state index in [1.807, 2.05) is 30.5 Å². The molecular weight excluding hydrogens is 494 g/mol. The van der Waals surface area contributed by atoms with E-state index in [9.17, 15) is 15.3 Å². The summed E-state index contributed by atoms with van der Waals surface area (Å²) in [6.45, 7) is 5.89. The van der Waals surface area contributed by atoms with Gasteiger partial charge in [0.1, 0.15) is 24.2 Å². The van der Waals surface area contributed by atoms with E-state index in [1.54, 1.807) is 13.0 Å². The summed E-state index contributed by atoms with van der Waals surface area (Å²) in [7, 11) is 0. The van der Waals surface area contributed by atoms with Gasteiger partial charge in [0.2, 0.25) is 0 Å². The van der Waals surface area contributed by atoms with E-state index < -0.39 is 6.10 Å². The van der Waals surface area contributed by atoms with Gasteiger partial charge in [0.25, 0.3) is 0 Å². The van der Waals surface area contributed by atoms with Crippen molar-refractivity contribution >= 4 is 0 Å². The number of hydrogen-bond donors (Lipinski definition) is 6. The molecule has 0 aliphatic rings. The van der Waals surface area contributed by atoms with Crippen molar-refractivity contribution in [1.29, 1.82) is 0 Å². The Balaban J connectivity index is 1.44. The van der Waals surface area contributed by atoms with Crippen molar-refractivity contribution in [2.24, 2.45) is 5.73 Å². The maximum Gasteiger partial charge on any atom is 0.161 e. The Hall–Kier alpha value is -2.78. The summed E-state index contributed by atoms with van der Waals surface area (Å²) in [5.74, 6) is 2.60. The van der Waals surface area contributed by atoms with Gasteiger partial charge < -0.3 is 40.5 Å². The molecule has 0 amide bonds. The Morgan fingerprint density at radius 1 is 0.923 bits per heavy atom. The summed E-state index contributed by atoms with van der Waals surface area (Å²) in [6.07, 6.45) is 8.98. The molecule has 0 spiro atoms. The van der Waals surface area contributed by atoms with Crippen molar-refractivity contribution in [2.75, 3.05) is 26.2 Å². The lowest BCUT2D eigenvalue weighted by atomic mass is 10.0. The van der Waals surface area contributed by atoms with Crippen LogP contribution in [0.1, 0.15) is 86.3 Å². The summed E-state index contributed by atoms with van der Waals surface area (Å²) in [5.41, 5.74) is 8.29. The van der Waals surface area contributed by atoms with Crippen LogP contribution in [0.2, 0.25) is 0 Å². The number of aromatic hydroxyl groups is 1. The van der Waals surface area contributed by atoms with Crippen molar-refractivity contribution < 1.29 is 24.5 Å². The number of phenols is 1. The number of unbranched alkanes of at least 4 members (excludes halogenated alkanes) is 4. The smallest absolute Gasteiger partial charge is 0.161 e. The minimum Gasteiger partial charge on any atom is -0.504 e. The molecule has 0 saturated heterocycles. The molecule has 216 valence electrons. The van der Waals surface area contributed by atoms with Crippen LogP contribution in [-0.4, -0.2) is 52.6 Å². The Morgan fingerprint density at radius 2 is 1.67 bits per heavy atom. The van der Waals surface area contributed by atoms with Crippen LogP contribution >= 0.6 is 0 Å². The number of aryl methyl sites for hydroxylation is 3. The summed E-state index contributed by atoms with van der Waals surface area (Å²) >= 11 is 0. The second-order valence-electron chi connectivity index (χ2n) is 10.6. The number of phenolic OH excluding ortho intramolecular Hbond substituents is 1. The fourth-order valence-electron chi connectivity index (χ4n) is 4.55. The summed E-state index contributed by atoms with van der Waals surface area (Å²) in [6, 6.07) is 11.4. The summed E-state index contributed by atoms with van der Waals surface area (Å²) in [4.78, 5) is 3.13. The number of benzene rings is 1. The second kappa shape index (κ2) is 16.4. The van der Waals surface area contributed by atoms with Gasteiger partial charge in [0.05, 0.1) is 6.10 Å². The quantitative estimate of drug-likeness (QED) is 0.121. The van der Waals surface area contributed by atoms with E-state index in [-0.39, 0.29) is 24.4 Å². The van der Waals surface area contributed by atoms with Crippen LogP contribution in [0, 0.1) is 0 Å². The fraction of sp³-hybridized carbons (Fsp3) is 0.548. The van der Waals surface area contributed by atoms with Crippen molar-refractivity contribution in [3.63, 3.8) is 0 Å². The predicted molar refractivity (Wildman–Crippen MR) is 154 cm³/mol. The van der Waals surface area contributed by atoms with Crippen molar-refractivity contribution in [3.05, 3.63) is 70.9 Å². The van der Waals surface area contributed by atoms with Gasteiger partial charge in [-0.2, -0.15) is 0 Å². The maximum atomic E-state index is 10.7. The van der Waals surface area contributed by atoms with Crippen LogP contribution in [-0.2, 0) is 19.3 Å². The average Bonchev–Trinajstić information content (AvgIpc) is 3.59. The van der Waals surface area contributed by atoms with E-state index in [1.165, 1.54) is 19.3 Å². The Labute approximate surface area is 232 Å². The highest BCUT2D eigenvalue weighted by Crippen LogP contribution is 2.29. The first-order chi connectivity index (χ1) is 18.9. The number of aliphatic hydroxyl groups excluding tert-OH is 2. The first kappa shape index (κ1) is 30.8. The molecule has 2 aromatic heterocycles. The number of rotatable bonds is 19. The van der Waals surface area contributed by atoms with Gasteiger partial charge in [-0.15, -0.1) is 0 Å². The van der Waals surface area contributed by atoms with Gasteiger partial charge >= 0.3 is 0 Å². The van der Waals surface area contributed by atoms with Gasteiger partial charge in [-0.3, -0.25) is 0 Å². The van der Waals surface area contributed by atoms with Crippen molar-refractivity contribution in [1.82, 2.24) is 10.3 Å². The minimum atomic E-state index is -0.860. The number of furan rings is 1. The lowest BCUT2D eigenvalue weighted by molar-refractivity contribution is 0.103. The number of H-pyrrole nitrogens is 1. The Kier molecular flexibility index (Phi) is 12.9. The largest absolute Gasteiger partial charge is 0.504 e. The number of hydrogen-bond acceptors (Lipinski definition) is 7. The van der Waals surface area contributed by atoms with E-state index >= 15 is 0 Å². The third-order valence-corrected chi connectivity index (χ3v) is 6.97. The topological polar surface area (TPSA) is 137 Å². The van der Waals surface area contributed by atoms with Crippen LogP contribution < -0.4 is 15.8 Å². The zero-order chi connectivity index (χ0) is 28.0. The molecule has 2 heterocycles. The first-order valence-corrected chi connectivity index (χ1v) is 14.3. The minimum absolute atomic E-state index is 0.0133. The molecule has 0 radical (unpaired) electrons. The first-order valence-electron chi connectivity index (χ1n) is 14.3. The van der Waals surface area contributed by atoms with Crippen molar-refractivity contribution in [3.8, 4) is 11.5 Å². The SMILES string of the molecule is C[C@H](O)CNC[C@H](C)c1c[nH]c([C@@H](O)COc2cc(CCc3ccc(CCCCCCCN)o3)ccc2O)c1. The monoisotopic (exact) mass is 541 g/mol. The van der Waals surface area contributed by atoms with E-state index in [4.69, 9.17) is 14.9 Å². The zero-order valence-corrected chi connectivity index (χ0v) is 23.5. The fourth-order valence-corrected chi connectivity index (χ4v) is 4.55. The number of aromatic amines is 1. The molecule has 8 nitrogen and oxygen atoms in total. The number of nitrogens with one attached hydrogen (secondary N) is 2. The summed E-state index contributed by atoms with van der Waals surface area (Å²) < 4.78 is 11.8. The third kappa shape index (κ3) is 10.7. The zero-order valence-electron chi connectivity index (χ0n) is 23.5. The highest BCUT2D eigenvalue weighted by atomic mass is 16.5. The van der Waals surface area contributed by atoms with Crippen LogP contribution in [0.3, 0.4) is 0 Å². The maximum absolute atomic E-state index is 10.7.